The van der Waals surface area contributed by atoms with Gasteiger partial charge in [0.2, 0.25) is 0 Å². The summed E-state index contributed by atoms with van der Waals surface area (Å²) >= 11 is 3.44. The Morgan fingerprint density at radius 2 is 2.22 bits per heavy atom. The van der Waals surface area contributed by atoms with Gasteiger partial charge in [0, 0.05) is 19.0 Å². The van der Waals surface area contributed by atoms with Gasteiger partial charge in [-0.1, -0.05) is 18.6 Å². The molecule has 0 atom stereocenters. The molecule has 1 heterocycles. The first kappa shape index (κ1) is 13.5. The molecule has 3 nitrogen and oxygen atoms in total. The molecule has 0 bridgehead atoms. The van der Waals surface area contributed by atoms with Crippen molar-refractivity contribution in [3.63, 3.8) is 0 Å². The summed E-state index contributed by atoms with van der Waals surface area (Å²) in [5.74, 6) is 1.84. The van der Waals surface area contributed by atoms with Gasteiger partial charge in [0.05, 0.1) is 0 Å². The van der Waals surface area contributed by atoms with Crippen LogP contribution >= 0.6 is 15.9 Å². The van der Waals surface area contributed by atoms with Crippen LogP contribution in [0.1, 0.15) is 44.9 Å². The predicted octanol–water partition coefficient (Wildman–Crippen LogP) is 4.10. The van der Waals surface area contributed by atoms with Crippen molar-refractivity contribution in [2.24, 2.45) is 0 Å². The number of halogens is 1. The minimum absolute atomic E-state index is 0.864. The van der Waals surface area contributed by atoms with Gasteiger partial charge >= 0.3 is 0 Å². The molecular weight excluding hydrogens is 290 g/mol. The fourth-order valence-corrected chi connectivity index (χ4v) is 2.63. The summed E-state index contributed by atoms with van der Waals surface area (Å²) in [5.41, 5.74) is 1.59. The minimum atomic E-state index is 0.864. The largest absolute Gasteiger partial charge is 0.370 e. The highest BCUT2D eigenvalue weighted by Crippen LogP contribution is 2.20. The highest BCUT2D eigenvalue weighted by molar-refractivity contribution is 9.10. The Labute approximate surface area is 117 Å². The number of aromatic nitrogens is 2. The smallest absolute Gasteiger partial charge is 0.132 e. The second-order valence-electron chi connectivity index (χ2n) is 4.67. The minimum Gasteiger partial charge on any atom is -0.370 e. The lowest BCUT2D eigenvalue weighted by molar-refractivity contribution is 0.824. The van der Waals surface area contributed by atoms with Crippen molar-refractivity contribution in [1.29, 1.82) is 0 Å². The lowest BCUT2D eigenvalue weighted by atomic mass is 10.2. The molecule has 0 radical (unpaired) electrons. The predicted molar refractivity (Wildman–Crippen MR) is 78.8 cm³/mol. The first-order valence-electron chi connectivity index (χ1n) is 6.73. The molecule has 1 aromatic rings. The summed E-state index contributed by atoms with van der Waals surface area (Å²) in [6.07, 6.45) is 9.37. The van der Waals surface area contributed by atoms with Crippen LogP contribution in [0.15, 0.2) is 22.3 Å². The summed E-state index contributed by atoms with van der Waals surface area (Å²) in [6, 6.07) is 1.95. The van der Waals surface area contributed by atoms with Gasteiger partial charge in [-0.2, -0.15) is 0 Å². The zero-order chi connectivity index (χ0) is 12.8. The van der Waals surface area contributed by atoms with Crippen LogP contribution in [0.25, 0.3) is 0 Å². The van der Waals surface area contributed by atoms with Gasteiger partial charge in [-0.3, -0.25) is 0 Å². The summed E-state index contributed by atoms with van der Waals surface area (Å²) in [6.45, 7) is 3.10. The van der Waals surface area contributed by atoms with E-state index in [1.54, 1.807) is 5.57 Å². The van der Waals surface area contributed by atoms with E-state index >= 15 is 0 Å². The molecule has 1 N–H and O–H groups in total. The molecule has 1 aromatic heterocycles. The second-order valence-corrected chi connectivity index (χ2v) is 5.49. The molecule has 18 heavy (non-hydrogen) atoms. The third-order valence-electron chi connectivity index (χ3n) is 3.10. The third-order valence-corrected chi connectivity index (χ3v) is 3.51. The third kappa shape index (κ3) is 4.09. The average Bonchev–Trinajstić information content (AvgIpc) is 2.82. The molecule has 0 fully saturated rings. The molecule has 98 valence electrons. The van der Waals surface area contributed by atoms with Crippen molar-refractivity contribution in [2.75, 3.05) is 11.9 Å². The molecule has 4 heteroatoms. The molecule has 0 saturated heterocycles. The van der Waals surface area contributed by atoms with Crippen molar-refractivity contribution >= 4 is 21.7 Å². The van der Waals surface area contributed by atoms with Gasteiger partial charge in [0.25, 0.3) is 0 Å². The van der Waals surface area contributed by atoms with Crippen LogP contribution in [0, 0.1) is 0 Å². The normalized spacial score (nSPS) is 14.7. The van der Waals surface area contributed by atoms with E-state index in [2.05, 4.69) is 44.2 Å². The van der Waals surface area contributed by atoms with Crippen molar-refractivity contribution in [3.8, 4) is 0 Å². The van der Waals surface area contributed by atoms with E-state index in [4.69, 9.17) is 0 Å². The quantitative estimate of drug-likeness (QED) is 0.635. The fourth-order valence-electron chi connectivity index (χ4n) is 2.21. The van der Waals surface area contributed by atoms with Gasteiger partial charge in [-0.25, -0.2) is 9.97 Å². The van der Waals surface area contributed by atoms with Gasteiger partial charge in [0.15, 0.2) is 0 Å². The number of allylic oxidation sites excluding steroid dienone is 1. The van der Waals surface area contributed by atoms with Crippen molar-refractivity contribution in [2.45, 2.75) is 45.4 Å². The van der Waals surface area contributed by atoms with Crippen LogP contribution in [-0.4, -0.2) is 16.5 Å². The van der Waals surface area contributed by atoms with Crippen LogP contribution < -0.4 is 5.32 Å². The Bertz CT molecular complexity index is 429. The second kappa shape index (κ2) is 6.88. The maximum absolute atomic E-state index is 4.52. The summed E-state index contributed by atoms with van der Waals surface area (Å²) < 4.78 is 0.864. The molecule has 0 aromatic carbocycles. The van der Waals surface area contributed by atoms with E-state index in [0.29, 0.717) is 0 Å². The lowest BCUT2D eigenvalue weighted by Crippen LogP contribution is -2.06. The number of hydrogen-bond donors (Lipinski definition) is 1. The topological polar surface area (TPSA) is 37.8 Å². The maximum Gasteiger partial charge on any atom is 0.132 e. The van der Waals surface area contributed by atoms with Crippen LogP contribution in [0.4, 0.5) is 5.82 Å². The highest BCUT2D eigenvalue weighted by Gasteiger charge is 2.05. The summed E-state index contributed by atoms with van der Waals surface area (Å²) in [7, 11) is 0. The summed E-state index contributed by atoms with van der Waals surface area (Å²) in [4.78, 5) is 8.88. The van der Waals surface area contributed by atoms with E-state index in [0.717, 1.165) is 42.1 Å². The molecule has 0 saturated carbocycles. The van der Waals surface area contributed by atoms with Crippen LogP contribution in [0.3, 0.4) is 0 Å². The molecule has 0 spiro atoms. The van der Waals surface area contributed by atoms with Crippen LogP contribution in [0.2, 0.25) is 0 Å². The van der Waals surface area contributed by atoms with E-state index in [1.165, 1.54) is 19.3 Å². The zero-order valence-electron chi connectivity index (χ0n) is 10.9. The standard InChI is InChI=1S/C14H20BrN3/c1-2-5-13-17-12(15)10-14(18-13)16-9-8-11-6-3-4-7-11/h6,10H,2-5,7-9H2,1H3,(H,16,17,18). The van der Waals surface area contributed by atoms with Gasteiger partial charge < -0.3 is 5.32 Å². The molecule has 1 aliphatic rings. The maximum atomic E-state index is 4.52. The van der Waals surface area contributed by atoms with Gasteiger partial charge in [-0.15, -0.1) is 0 Å². The van der Waals surface area contributed by atoms with Gasteiger partial charge in [0.1, 0.15) is 16.2 Å². The molecule has 0 amide bonds. The first-order chi connectivity index (χ1) is 8.78. The number of nitrogens with zero attached hydrogens (tertiary/aromatic N) is 2. The summed E-state index contributed by atoms with van der Waals surface area (Å²) in [5, 5.41) is 3.39. The monoisotopic (exact) mass is 309 g/mol. The molecule has 1 aliphatic carbocycles. The first-order valence-corrected chi connectivity index (χ1v) is 7.52. The van der Waals surface area contributed by atoms with Crippen molar-refractivity contribution < 1.29 is 0 Å². The highest BCUT2D eigenvalue weighted by atomic mass is 79.9. The Morgan fingerprint density at radius 3 is 2.94 bits per heavy atom. The Kier molecular flexibility index (Phi) is 5.17. The molecular formula is C14H20BrN3. The van der Waals surface area contributed by atoms with Crippen molar-refractivity contribution in [1.82, 2.24) is 9.97 Å². The van der Waals surface area contributed by atoms with Crippen LogP contribution in [-0.2, 0) is 6.42 Å². The lowest BCUT2D eigenvalue weighted by Gasteiger charge is -2.08. The number of rotatable bonds is 6. The van der Waals surface area contributed by atoms with Crippen molar-refractivity contribution in [3.05, 3.63) is 28.1 Å². The van der Waals surface area contributed by atoms with Gasteiger partial charge in [-0.05, 0) is 48.0 Å². The van der Waals surface area contributed by atoms with E-state index < -0.39 is 0 Å². The Morgan fingerprint density at radius 1 is 1.33 bits per heavy atom. The Balaban J connectivity index is 1.87. The average molecular weight is 310 g/mol. The fraction of sp³-hybridized carbons (Fsp3) is 0.571. The van der Waals surface area contributed by atoms with E-state index in [9.17, 15) is 0 Å². The van der Waals surface area contributed by atoms with E-state index in [1.807, 2.05) is 6.07 Å². The molecule has 2 rings (SSSR count). The SMILES string of the molecule is CCCc1nc(Br)cc(NCCC2=CCCC2)n1. The number of hydrogen-bond acceptors (Lipinski definition) is 3. The number of nitrogens with one attached hydrogen (secondary N) is 1. The number of anilines is 1. The molecule has 0 aliphatic heterocycles. The Hall–Kier alpha value is -0.900. The van der Waals surface area contributed by atoms with E-state index in [-0.39, 0.29) is 0 Å². The zero-order valence-corrected chi connectivity index (χ0v) is 12.5. The van der Waals surface area contributed by atoms with Crippen LogP contribution in [0.5, 0.6) is 0 Å². The number of aryl methyl sites for hydroxylation is 1. The molecule has 0 unspecified atom stereocenters.